The van der Waals surface area contributed by atoms with Crippen molar-refractivity contribution >= 4 is 5.91 Å². The second-order valence-electron chi connectivity index (χ2n) is 4.58. The third kappa shape index (κ3) is 3.49. The molecule has 1 aliphatic heterocycles. The van der Waals surface area contributed by atoms with Gasteiger partial charge in [0.1, 0.15) is 0 Å². The number of carbonyl (C=O) groups excluding carboxylic acids is 1. The Hall–Kier alpha value is -0.570. The molecular weight excluding hydrogens is 188 g/mol. The van der Waals surface area contributed by atoms with Crippen LogP contribution in [-0.2, 0) is 4.79 Å². The molecule has 0 radical (unpaired) electrons. The summed E-state index contributed by atoms with van der Waals surface area (Å²) in [5.74, 6) is 0.564. The molecule has 2 atom stereocenters. The summed E-state index contributed by atoms with van der Waals surface area (Å²) in [5.41, 5.74) is 5.81. The number of likely N-dealkylation sites (tertiary alicyclic amines) is 1. The lowest BCUT2D eigenvalue weighted by molar-refractivity contribution is -0.134. The maximum Gasteiger partial charge on any atom is 0.225 e. The minimum atomic E-state index is 0.206. The van der Waals surface area contributed by atoms with Crippen LogP contribution in [0, 0.1) is 5.92 Å². The molecule has 0 aromatic heterocycles. The van der Waals surface area contributed by atoms with Crippen molar-refractivity contribution in [3.05, 3.63) is 0 Å². The lowest BCUT2D eigenvalue weighted by Gasteiger charge is -2.22. The van der Waals surface area contributed by atoms with E-state index in [1.165, 1.54) is 6.42 Å². The maximum absolute atomic E-state index is 12.1. The van der Waals surface area contributed by atoms with Crippen LogP contribution < -0.4 is 5.73 Å². The molecule has 0 saturated carbocycles. The van der Waals surface area contributed by atoms with Crippen molar-refractivity contribution in [2.24, 2.45) is 11.7 Å². The van der Waals surface area contributed by atoms with E-state index in [1.54, 1.807) is 0 Å². The van der Waals surface area contributed by atoms with Crippen molar-refractivity contribution in [1.82, 2.24) is 4.90 Å². The van der Waals surface area contributed by atoms with E-state index in [9.17, 15) is 4.79 Å². The van der Waals surface area contributed by atoms with Crippen molar-refractivity contribution in [3.63, 3.8) is 0 Å². The van der Waals surface area contributed by atoms with E-state index >= 15 is 0 Å². The highest BCUT2D eigenvalue weighted by Gasteiger charge is 2.27. The molecule has 0 bridgehead atoms. The average molecular weight is 212 g/mol. The summed E-state index contributed by atoms with van der Waals surface area (Å²) in [5, 5.41) is 0. The largest absolute Gasteiger partial charge is 0.341 e. The first-order valence-electron chi connectivity index (χ1n) is 6.23. The molecule has 2 N–H and O–H groups in total. The molecule has 0 unspecified atom stereocenters. The van der Waals surface area contributed by atoms with Crippen LogP contribution in [0.4, 0.5) is 0 Å². The summed E-state index contributed by atoms with van der Waals surface area (Å²) < 4.78 is 0. The molecule has 1 aliphatic rings. The number of carbonyl (C=O) groups is 1. The van der Waals surface area contributed by atoms with Gasteiger partial charge in [-0.25, -0.2) is 0 Å². The molecule has 3 nitrogen and oxygen atoms in total. The molecule has 3 heteroatoms. The van der Waals surface area contributed by atoms with E-state index in [-0.39, 0.29) is 12.0 Å². The fraction of sp³-hybridized carbons (Fsp3) is 0.917. The quantitative estimate of drug-likeness (QED) is 0.755. The van der Waals surface area contributed by atoms with Gasteiger partial charge in [0, 0.05) is 25.0 Å². The number of unbranched alkanes of at least 4 members (excludes halogenated alkanes) is 1. The predicted molar refractivity (Wildman–Crippen MR) is 62.5 cm³/mol. The van der Waals surface area contributed by atoms with Gasteiger partial charge in [-0.1, -0.05) is 26.7 Å². The summed E-state index contributed by atoms with van der Waals surface area (Å²) in [7, 11) is 0. The molecule has 1 rings (SSSR count). The van der Waals surface area contributed by atoms with Gasteiger partial charge in [0.15, 0.2) is 0 Å². The molecular formula is C12H24N2O. The Bertz CT molecular complexity index is 206. The first kappa shape index (κ1) is 12.5. The minimum Gasteiger partial charge on any atom is -0.341 e. The van der Waals surface area contributed by atoms with Crippen LogP contribution in [0.15, 0.2) is 0 Å². The molecule has 88 valence electrons. The number of nitrogens with two attached hydrogens (primary N) is 1. The normalized spacial score (nSPS) is 23.1. The second kappa shape index (κ2) is 6.11. The average Bonchev–Trinajstić information content (AvgIpc) is 2.65. The molecule has 0 aromatic rings. The molecule has 1 heterocycles. The highest BCUT2D eigenvalue weighted by molar-refractivity contribution is 5.79. The van der Waals surface area contributed by atoms with Gasteiger partial charge in [-0.15, -0.1) is 0 Å². The van der Waals surface area contributed by atoms with Crippen LogP contribution in [-0.4, -0.2) is 29.9 Å². The molecule has 0 aliphatic carbocycles. The van der Waals surface area contributed by atoms with E-state index in [0.717, 1.165) is 38.8 Å². The SMILES string of the molecule is CCCC[C@H](CC)C(=O)N1CC[C@H](N)C1. The van der Waals surface area contributed by atoms with Crippen molar-refractivity contribution < 1.29 is 4.79 Å². The van der Waals surface area contributed by atoms with Gasteiger partial charge in [0.2, 0.25) is 5.91 Å². The predicted octanol–water partition coefficient (Wildman–Crippen LogP) is 1.76. The van der Waals surface area contributed by atoms with Crippen molar-refractivity contribution in [2.75, 3.05) is 13.1 Å². The van der Waals surface area contributed by atoms with Gasteiger partial charge in [-0.05, 0) is 19.3 Å². The standard InChI is InChI=1S/C12H24N2O/c1-3-5-6-10(4-2)12(15)14-8-7-11(13)9-14/h10-11H,3-9,13H2,1-2H3/t10-,11-/m0/s1. The van der Waals surface area contributed by atoms with Gasteiger partial charge in [0.05, 0.1) is 0 Å². The van der Waals surface area contributed by atoms with Crippen molar-refractivity contribution in [3.8, 4) is 0 Å². The number of nitrogens with zero attached hydrogens (tertiary/aromatic N) is 1. The first-order valence-corrected chi connectivity index (χ1v) is 6.23. The van der Waals surface area contributed by atoms with Gasteiger partial charge in [-0.3, -0.25) is 4.79 Å². The van der Waals surface area contributed by atoms with Crippen molar-refractivity contribution in [2.45, 2.75) is 52.0 Å². The van der Waals surface area contributed by atoms with Gasteiger partial charge >= 0.3 is 0 Å². The van der Waals surface area contributed by atoms with E-state index in [2.05, 4.69) is 13.8 Å². The number of rotatable bonds is 5. The van der Waals surface area contributed by atoms with Crippen LogP contribution in [0.2, 0.25) is 0 Å². The van der Waals surface area contributed by atoms with E-state index < -0.39 is 0 Å². The maximum atomic E-state index is 12.1. The van der Waals surface area contributed by atoms with E-state index in [4.69, 9.17) is 5.73 Å². The Morgan fingerprint density at radius 1 is 1.53 bits per heavy atom. The summed E-state index contributed by atoms with van der Waals surface area (Å²) in [6.45, 7) is 5.90. The first-order chi connectivity index (χ1) is 7.19. The van der Waals surface area contributed by atoms with Crippen LogP contribution in [0.1, 0.15) is 46.0 Å². The molecule has 1 amide bonds. The summed E-state index contributed by atoms with van der Waals surface area (Å²) in [4.78, 5) is 14.1. The third-order valence-corrected chi connectivity index (χ3v) is 3.28. The fourth-order valence-corrected chi connectivity index (χ4v) is 2.20. The van der Waals surface area contributed by atoms with Gasteiger partial charge in [0.25, 0.3) is 0 Å². The Balaban J connectivity index is 2.42. The van der Waals surface area contributed by atoms with E-state index in [0.29, 0.717) is 5.91 Å². The molecule has 0 aromatic carbocycles. The summed E-state index contributed by atoms with van der Waals surface area (Å²) in [6.07, 6.45) is 5.30. The van der Waals surface area contributed by atoms with Gasteiger partial charge < -0.3 is 10.6 Å². The zero-order valence-corrected chi connectivity index (χ0v) is 10.0. The molecule has 0 spiro atoms. The zero-order valence-electron chi connectivity index (χ0n) is 10.0. The minimum absolute atomic E-state index is 0.206. The molecule has 1 saturated heterocycles. The lowest BCUT2D eigenvalue weighted by Crippen LogP contribution is -2.36. The topological polar surface area (TPSA) is 46.3 Å². The highest BCUT2D eigenvalue weighted by Crippen LogP contribution is 2.18. The third-order valence-electron chi connectivity index (χ3n) is 3.28. The van der Waals surface area contributed by atoms with Crippen LogP contribution in [0.5, 0.6) is 0 Å². The van der Waals surface area contributed by atoms with Crippen LogP contribution in [0.25, 0.3) is 0 Å². The summed E-state index contributed by atoms with van der Waals surface area (Å²) >= 11 is 0. The number of hydrogen-bond donors (Lipinski definition) is 1. The number of amides is 1. The van der Waals surface area contributed by atoms with Crippen LogP contribution in [0.3, 0.4) is 0 Å². The van der Waals surface area contributed by atoms with Gasteiger partial charge in [-0.2, -0.15) is 0 Å². The van der Waals surface area contributed by atoms with E-state index in [1.807, 2.05) is 4.90 Å². The monoisotopic (exact) mass is 212 g/mol. The van der Waals surface area contributed by atoms with Crippen LogP contribution >= 0.6 is 0 Å². The Morgan fingerprint density at radius 3 is 2.73 bits per heavy atom. The fourth-order valence-electron chi connectivity index (χ4n) is 2.20. The van der Waals surface area contributed by atoms with Crippen molar-refractivity contribution in [1.29, 1.82) is 0 Å². The molecule has 1 fully saturated rings. The highest BCUT2D eigenvalue weighted by atomic mass is 16.2. The zero-order chi connectivity index (χ0) is 11.3. The Labute approximate surface area is 93.0 Å². The molecule has 15 heavy (non-hydrogen) atoms. The second-order valence-corrected chi connectivity index (χ2v) is 4.58. The summed E-state index contributed by atoms with van der Waals surface area (Å²) in [6, 6.07) is 0.206. The lowest BCUT2D eigenvalue weighted by atomic mass is 9.98. The smallest absolute Gasteiger partial charge is 0.225 e. The number of hydrogen-bond acceptors (Lipinski definition) is 2. The Kier molecular flexibility index (Phi) is 5.09. The Morgan fingerprint density at radius 2 is 2.27 bits per heavy atom.